The van der Waals surface area contributed by atoms with Gasteiger partial charge in [-0.1, -0.05) is 18.6 Å². The number of nitrogens with one attached hydrogen (secondary N) is 1. The maximum atomic E-state index is 4.16. The minimum atomic E-state index is 0.538. The van der Waals surface area contributed by atoms with E-state index in [1.165, 1.54) is 48.7 Å². The van der Waals surface area contributed by atoms with Crippen LogP contribution in [0.15, 0.2) is 36.7 Å². The Bertz CT molecular complexity index is 575. The summed E-state index contributed by atoms with van der Waals surface area (Å²) in [6.07, 6.45) is 7.92. The van der Waals surface area contributed by atoms with Crippen molar-refractivity contribution >= 4 is 10.8 Å². The number of hydrogen-bond donors (Lipinski definition) is 1. The van der Waals surface area contributed by atoms with Crippen molar-refractivity contribution < 1.29 is 0 Å². The van der Waals surface area contributed by atoms with E-state index in [9.17, 15) is 0 Å². The smallest absolute Gasteiger partial charge is 0.0346 e. The van der Waals surface area contributed by atoms with E-state index >= 15 is 0 Å². The summed E-state index contributed by atoms with van der Waals surface area (Å²) >= 11 is 0. The van der Waals surface area contributed by atoms with E-state index in [4.69, 9.17) is 0 Å². The van der Waals surface area contributed by atoms with Crippen LogP contribution in [0.4, 0.5) is 0 Å². The van der Waals surface area contributed by atoms with Crippen LogP contribution in [0.3, 0.4) is 0 Å². The first kappa shape index (κ1) is 14.5. The van der Waals surface area contributed by atoms with Crippen LogP contribution in [-0.2, 0) is 6.54 Å². The fourth-order valence-corrected chi connectivity index (χ4v) is 3.13. The van der Waals surface area contributed by atoms with Gasteiger partial charge in [-0.2, -0.15) is 0 Å². The molecule has 0 spiro atoms. The van der Waals surface area contributed by atoms with E-state index in [1.807, 2.05) is 12.4 Å². The Morgan fingerprint density at radius 1 is 1.14 bits per heavy atom. The molecular weight excluding hydrogens is 258 g/mol. The standard InChI is InChI=1S/C18H25N3/c1-15(14-21-9-3-2-4-10-21)20-12-16-5-6-18-13-19-8-7-17(18)11-16/h5-8,11,13,15,20H,2-4,9-10,12,14H2,1H3. The molecule has 2 aromatic rings. The average Bonchev–Trinajstić information content (AvgIpc) is 2.54. The zero-order valence-electron chi connectivity index (χ0n) is 12.9. The fourth-order valence-electron chi connectivity index (χ4n) is 3.13. The lowest BCUT2D eigenvalue weighted by molar-refractivity contribution is 0.209. The lowest BCUT2D eigenvalue weighted by Gasteiger charge is -2.29. The number of nitrogens with zero attached hydrogens (tertiary/aromatic N) is 2. The maximum absolute atomic E-state index is 4.16. The highest BCUT2D eigenvalue weighted by molar-refractivity contribution is 5.81. The van der Waals surface area contributed by atoms with Gasteiger partial charge in [0.2, 0.25) is 0 Å². The molecule has 1 fully saturated rings. The van der Waals surface area contributed by atoms with Crippen molar-refractivity contribution in [2.45, 2.75) is 38.8 Å². The van der Waals surface area contributed by atoms with Crippen molar-refractivity contribution in [3.63, 3.8) is 0 Å². The minimum absolute atomic E-state index is 0.538. The summed E-state index contributed by atoms with van der Waals surface area (Å²) in [6.45, 7) is 6.94. The van der Waals surface area contributed by atoms with Crippen LogP contribution in [0.5, 0.6) is 0 Å². The van der Waals surface area contributed by atoms with Crippen molar-refractivity contribution in [3.8, 4) is 0 Å². The van der Waals surface area contributed by atoms with Gasteiger partial charge >= 0.3 is 0 Å². The summed E-state index contributed by atoms with van der Waals surface area (Å²) in [5.41, 5.74) is 1.35. The lowest BCUT2D eigenvalue weighted by Crippen LogP contribution is -2.41. The molecule has 21 heavy (non-hydrogen) atoms. The molecule has 1 aliphatic rings. The summed E-state index contributed by atoms with van der Waals surface area (Å²) in [4.78, 5) is 6.75. The van der Waals surface area contributed by atoms with Crippen LogP contribution in [0, 0.1) is 0 Å². The van der Waals surface area contributed by atoms with Gasteiger partial charge in [0.05, 0.1) is 0 Å². The second-order valence-corrected chi connectivity index (χ2v) is 6.20. The normalized spacial score (nSPS) is 18.0. The number of hydrogen-bond acceptors (Lipinski definition) is 3. The molecule has 1 aliphatic heterocycles. The first-order valence-corrected chi connectivity index (χ1v) is 8.10. The molecule has 1 saturated heterocycles. The molecule has 3 nitrogen and oxygen atoms in total. The quantitative estimate of drug-likeness (QED) is 0.913. The van der Waals surface area contributed by atoms with Crippen molar-refractivity contribution in [1.29, 1.82) is 0 Å². The molecule has 0 amide bonds. The molecule has 0 aliphatic carbocycles. The third-order valence-electron chi connectivity index (χ3n) is 4.34. The molecule has 0 radical (unpaired) electrons. The molecule has 1 unspecified atom stereocenters. The van der Waals surface area contributed by atoms with Gasteiger partial charge in [-0.3, -0.25) is 4.98 Å². The van der Waals surface area contributed by atoms with Gasteiger partial charge in [0.25, 0.3) is 0 Å². The zero-order valence-corrected chi connectivity index (χ0v) is 12.9. The van der Waals surface area contributed by atoms with Gasteiger partial charge in [0, 0.05) is 36.9 Å². The molecule has 3 rings (SSSR count). The summed E-state index contributed by atoms with van der Waals surface area (Å²) < 4.78 is 0. The summed E-state index contributed by atoms with van der Waals surface area (Å²) in [6, 6.07) is 9.24. The highest BCUT2D eigenvalue weighted by atomic mass is 15.1. The highest BCUT2D eigenvalue weighted by Gasteiger charge is 2.12. The minimum Gasteiger partial charge on any atom is -0.309 e. The Morgan fingerprint density at radius 3 is 2.86 bits per heavy atom. The summed E-state index contributed by atoms with van der Waals surface area (Å²) in [5.74, 6) is 0. The molecule has 2 heterocycles. The Hall–Kier alpha value is -1.45. The number of fused-ring (bicyclic) bond motifs is 1. The Morgan fingerprint density at radius 2 is 2.00 bits per heavy atom. The SMILES string of the molecule is CC(CN1CCCCC1)NCc1ccc2cnccc2c1. The van der Waals surface area contributed by atoms with Gasteiger partial charge in [0.1, 0.15) is 0 Å². The molecule has 0 bridgehead atoms. The van der Waals surface area contributed by atoms with E-state index in [0.717, 1.165) is 13.1 Å². The summed E-state index contributed by atoms with van der Waals surface area (Å²) in [5, 5.41) is 6.14. The van der Waals surface area contributed by atoms with Crippen molar-refractivity contribution in [2.75, 3.05) is 19.6 Å². The number of pyridine rings is 1. The molecule has 0 saturated carbocycles. The molecule has 1 aromatic heterocycles. The lowest BCUT2D eigenvalue weighted by atomic mass is 10.1. The van der Waals surface area contributed by atoms with Crippen LogP contribution in [0.2, 0.25) is 0 Å². The van der Waals surface area contributed by atoms with E-state index in [2.05, 4.69) is 46.4 Å². The van der Waals surface area contributed by atoms with Gasteiger partial charge in [0.15, 0.2) is 0 Å². The fraction of sp³-hybridized carbons (Fsp3) is 0.500. The van der Waals surface area contributed by atoms with Gasteiger partial charge in [-0.25, -0.2) is 0 Å². The average molecular weight is 283 g/mol. The monoisotopic (exact) mass is 283 g/mol. The first-order valence-electron chi connectivity index (χ1n) is 8.10. The Balaban J connectivity index is 1.53. The number of aromatic nitrogens is 1. The number of likely N-dealkylation sites (tertiary alicyclic amines) is 1. The van der Waals surface area contributed by atoms with E-state index in [-0.39, 0.29) is 0 Å². The van der Waals surface area contributed by atoms with Crippen LogP contribution in [0.1, 0.15) is 31.7 Å². The van der Waals surface area contributed by atoms with Crippen molar-refractivity contribution in [2.24, 2.45) is 0 Å². The van der Waals surface area contributed by atoms with Crippen LogP contribution >= 0.6 is 0 Å². The molecule has 1 atom stereocenters. The molecule has 1 aromatic carbocycles. The topological polar surface area (TPSA) is 28.2 Å². The zero-order chi connectivity index (χ0) is 14.5. The largest absolute Gasteiger partial charge is 0.309 e. The summed E-state index contributed by atoms with van der Waals surface area (Å²) in [7, 11) is 0. The Kier molecular flexibility index (Phi) is 4.84. The number of benzene rings is 1. The second kappa shape index (κ2) is 7.01. The molecular formula is C18H25N3. The number of piperidine rings is 1. The van der Waals surface area contributed by atoms with Crippen LogP contribution < -0.4 is 5.32 Å². The van der Waals surface area contributed by atoms with Crippen LogP contribution in [0.25, 0.3) is 10.8 Å². The molecule has 3 heteroatoms. The van der Waals surface area contributed by atoms with Gasteiger partial charge in [-0.15, -0.1) is 0 Å². The molecule has 112 valence electrons. The van der Waals surface area contributed by atoms with E-state index in [0.29, 0.717) is 6.04 Å². The van der Waals surface area contributed by atoms with Crippen LogP contribution in [-0.4, -0.2) is 35.6 Å². The van der Waals surface area contributed by atoms with Gasteiger partial charge < -0.3 is 10.2 Å². The third kappa shape index (κ3) is 4.02. The van der Waals surface area contributed by atoms with Gasteiger partial charge in [-0.05, 0) is 55.9 Å². The van der Waals surface area contributed by atoms with E-state index in [1.54, 1.807) is 0 Å². The Labute approximate surface area is 127 Å². The number of rotatable bonds is 5. The predicted octanol–water partition coefficient (Wildman–Crippen LogP) is 3.20. The van der Waals surface area contributed by atoms with Crippen molar-refractivity contribution in [3.05, 3.63) is 42.2 Å². The maximum Gasteiger partial charge on any atom is 0.0346 e. The molecule has 1 N–H and O–H groups in total. The predicted molar refractivity (Wildman–Crippen MR) is 88.3 cm³/mol. The van der Waals surface area contributed by atoms with E-state index < -0.39 is 0 Å². The second-order valence-electron chi connectivity index (χ2n) is 6.20. The van der Waals surface area contributed by atoms with Crippen molar-refractivity contribution in [1.82, 2.24) is 15.2 Å². The highest BCUT2D eigenvalue weighted by Crippen LogP contribution is 2.14. The first-order chi connectivity index (χ1) is 10.3. The third-order valence-corrected chi connectivity index (χ3v) is 4.34.